The Hall–Kier alpha value is -0.890. The van der Waals surface area contributed by atoms with Gasteiger partial charge in [-0.3, -0.25) is 4.99 Å². The lowest BCUT2D eigenvalue weighted by molar-refractivity contribution is 0.171. The monoisotopic (exact) mass is 479 g/mol. The topological polar surface area (TPSA) is 46.1 Å². The van der Waals surface area contributed by atoms with Crippen LogP contribution in [0.3, 0.4) is 0 Å². The molecule has 140 valence electrons. The van der Waals surface area contributed by atoms with Gasteiger partial charge in [0.15, 0.2) is 17.5 Å². The molecule has 7 heteroatoms. The maximum atomic E-state index is 6.29. The zero-order chi connectivity index (χ0) is 17.2. The van der Waals surface area contributed by atoms with Crippen LogP contribution in [0, 0.1) is 5.41 Å². The first-order valence-electron chi connectivity index (χ1n) is 8.52. The normalized spacial score (nSPS) is 18.7. The molecule has 0 aliphatic carbocycles. The lowest BCUT2D eigenvalue weighted by Crippen LogP contribution is -2.41. The van der Waals surface area contributed by atoms with Gasteiger partial charge < -0.3 is 19.7 Å². The molecule has 0 atom stereocenters. The smallest absolute Gasteiger partial charge is 0.193 e. The molecular formula is C18H27ClIN3O2. The highest BCUT2D eigenvalue weighted by Gasteiger charge is 2.30. The van der Waals surface area contributed by atoms with Crippen molar-refractivity contribution in [1.29, 1.82) is 0 Å². The zero-order valence-corrected chi connectivity index (χ0v) is 18.2. The molecule has 1 fully saturated rings. The minimum Gasteiger partial charge on any atom is -0.486 e. The number of likely N-dealkylation sites (tertiary alicyclic amines) is 1. The van der Waals surface area contributed by atoms with Crippen LogP contribution in [0.15, 0.2) is 17.1 Å². The maximum absolute atomic E-state index is 6.29. The molecule has 0 radical (unpaired) electrons. The summed E-state index contributed by atoms with van der Waals surface area (Å²) in [7, 11) is 1.84. The average molecular weight is 480 g/mol. The quantitative estimate of drug-likeness (QED) is 0.409. The van der Waals surface area contributed by atoms with E-state index in [1.54, 1.807) is 0 Å². The highest BCUT2D eigenvalue weighted by molar-refractivity contribution is 14.0. The summed E-state index contributed by atoms with van der Waals surface area (Å²) >= 11 is 6.29. The van der Waals surface area contributed by atoms with E-state index in [2.05, 4.69) is 29.1 Å². The molecule has 1 aromatic rings. The summed E-state index contributed by atoms with van der Waals surface area (Å²) in [6, 6.07) is 3.97. The SMILES string of the molecule is CN=C(NCCc1cc(Cl)c2c(c1)OCCO2)N1CCC(C)(C)C1.I. The van der Waals surface area contributed by atoms with Crippen LogP contribution >= 0.6 is 35.6 Å². The summed E-state index contributed by atoms with van der Waals surface area (Å²) in [6.45, 7) is 8.64. The van der Waals surface area contributed by atoms with Crippen molar-refractivity contribution in [3.63, 3.8) is 0 Å². The van der Waals surface area contributed by atoms with Crippen LogP contribution in [0.1, 0.15) is 25.8 Å². The van der Waals surface area contributed by atoms with Crippen LogP contribution in [0.4, 0.5) is 0 Å². The molecule has 0 amide bonds. The summed E-state index contributed by atoms with van der Waals surface area (Å²) in [6.07, 6.45) is 2.05. The van der Waals surface area contributed by atoms with Crippen LogP contribution in [0.25, 0.3) is 0 Å². The predicted molar refractivity (Wildman–Crippen MR) is 113 cm³/mol. The lowest BCUT2D eigenvalue weighted by Gasteiger charge is -2.24. The largest absolute Gasteiger partial charge is 0.486 e. The third-order valence-corrected chi connectivity index (χ3v) is 4.82. The minimum absolute atomic E-state index is 0. The van der Waals surface area contributed by atoms with Crippen LogP contribution in [-0.2, 0) is 6.42 Å². The zero-order valence-electron chi connectivity index (χ0n) is 15.1. The van der Waals surface area contributed by atoms with Crippen molar-refractivity contribution in [2.24, 2.45) is 10.4 Å². The molecule has 1 N–H and O–H groups in total. The molecule has 0 bridgehead atoms. The number of aliphatic imine (C=N–C) groups is 1. The fourth-order valence-electron chi connectivity index (χ4n) is 3.25. The number of halogens is 2. The van der Waals surface area contributed by atoms with Gasteiger partial charge in [0.05, 0.1) is 5.02 Å². The van der Waals surface area contributed by atoms with Gasteiger partial charge >= 0.3 is 0 Å². The number of nitrogens with zero attached hydrogens (tertiary/aromatic N) is 2. The molecule has 0 unspecified atom stereocenters. The molecule has 1 saturated heterocycles. The van der Waals surface area contributed by atoms with Gasteiger partial charge in [-0.25, -0.2) is 0 Å². The number of rotatable bonds is 3. The van der Waals surface area contributed by atoms with Crippen molar-refractivity contribution in [1.82, 2.24) is 10.2 Å². The minimum atomic E-state index is 0. The number of guanidine groups is 1. The van der Waals surface area contributed by atoms with E-state index in [4.69, 9.17) is 21.1 Å². The Balaban J connectivity index is 0.00000225. The molecule has 0 saturated carbocycles. The Morgan fingerprint density at radius 2 is 2.08 bits per heavy atom. The Bertz CT molecular complexity index is 637. The van der Waals surface area contributed by atoms with Crippen molar-refractivity contribution in [3.05, 3.63) is 22.7 Å². The molecule has 3 rings (SSSR count). The van der Waals surface area contributed by atoms with E-state index in [0.717, 1.165) is 43.3 Å². The highest BCUT2D eigenvalue weighted by atomic mass is 127. The van der Waals surface area contributed by atoms with Crippen molar-refractivity contribution < 1.29 is 9.47 Å². The van der Waals surface area contributed by atoms with E-state index in [1.807, 2.05) is 19.2 Å². The average Bonchev–Trinajstić information content (AvgIpc) is 2.91. The summed E-state index contributed by atoms with van der Waals surface area (Å²) in [4.78, 5) is 6.75. The Labute approximate surface area is 172 Å². The first-order chi connectivity index (χ1) is 11.5. The summed E-state index contributed by atoms with van der Waals surface area (Å²) in [5.74, 6) is 2.38. The first-order valence-corrected chi connectivity index (χ1v) is 8.90. The summed E-state index contributed by atoms with van der Waals surface area (Å²) in [5.41, 5.74) is 1.50. The molecule has 2 heterocycles. The van der Waals surface area contributed by atoms with E-state index in [1.165, 1.54) is 6.42 Å². The van der Waals surface area contributed by atoms with Crippen molar-refractivity contribution in [2.75, 3.05) is 39.9 Å². The van der Waals surface area contributed by atoms with Gasteiger partial charge in [0.1, 0.15) is 13.2 Å². The molecule has 5 nitrogen and oxygen atoms in total. The van der Waals surface area contributed by atoms with Gasteiger partial charge in [0, 0.05) is 26.7 Å². The molecule has 25 heavy (non-hydrogen) atoms. The number of fused-ring (bicyclic) bond motifs is 1. The fraction of sp³-hybridized carbons (Fsp3) is 0.611. The van der Waals surface area contributed by atoms with Crippen molar-refractivity contribution in [3.8, 4) is 11.5 Å². The third-order valence-electron chi connectivity index (χ3n) is 4.54. The second-order valence-electron chi connectivity index (χ2n) is 7.16. The number of nitrogens with one attached hydrogen (secondary N) is 1. The third kappa shape index (κ3) is 5.06. The molecular weight excluding hydrogens is 453 g/mol. The number of benzene rings is 1. The van der Waals surface area contributed by atoms with Crippen molar-refractivity contribution in [2.45, 2.75) is 26.7 Å². The molecule has 2 aliphatic rings. The Morgan fingerprint density at radius 1 is 1.32 bits per heavy atom. The van der Waals surface area contributed by atoms with Gasteiger partial charge in [-0.2, -0.15) is 0 Å². The maximum Gasteiger partial charge on any atom is 0.193 e. The van der Waals surface area contributed by atoms with E-state index in [-0.39, 0.29) is 24.0 Å². The Morgan fingerprint density at radius 3 is 2.76 bits per heavy atom. The van der Waals surface area contributed by atoms with Gasteiger partial charge in [0.25, 0.3) is 0 Å². The molecule has 0 aromatic heterocycles. The number of hydrogen-bond donors (Lipinski definition) is 1. The second kappa shape index (κ2) is 8.66. The second-order valence-corrected chi connectivity index (χ2v) is 7.57. The van der Waals surface area contributed by atoms with Crippen molar-refractivity contribution >= 4 is 41.5 Å². The number of hydrogen-bond acceptors (Lipinski definition) is 3. The fourth-order valence-corrected chi connectivity index (χ4v) is 3.54. The molecule has 1 aromatic carbocycles. The van der Waals surface area contributed by atoms with Gasteiger partial charge in [-0.15, -0.1) is 24.0 Å². The van der Waals surface area contributed by atoms with Crippen LogP contribution in [0.2, 0.25) is 5.02 Å². The first kappa shape index (κ1) is 20.4. The summed E-state index contributed by atoms with van der Waals surface area (Å²) in [5, 5.41) is 4.08. The van der Waals surface area contributed by atoms with Gasteiger partial charge in [0.2, 0.25) is 0 Å². The number of ether oxygens (including phenoxy) is 2. The van der Waals surface area contributed by atoms with Gasteiger partial charge in [-0.1, -0.05) is 25.4 Å². The lowest BCUT2D eigenvalue weighted by atomic mass is 9.93. The standard InChI is InChI=1S/C18H26ClN3O2.HI/c1-18(2)5-7-22(12-18)17(20-3)21-6-4-13-10-14(19)16-15(11-13)23-8-9-24-16;/h10-11H,4-9,12H2,1-3H3,(H,20,21);1H. The van der Waals surface area contributed by atoms with Crippen LogP contribution < -0.4 is 14.8 Å². The highest BCUT2D eigenvalue weighted by Crippen LogP contribution is 2.38. The Kier molecular flexibility index (Phi) is 7.08. The summed E-state index contributed by atoms with van der Waals surface area (Å²) < 4.78 is 11.2. The molecule has 0 spiro atoms. The predicted octanol–water partition coefficient (Wildman–Crippen LogP) is 3.58. The van der Waals surface area contributed by atoms with E-state index in [0.29, 0.717) is 29.4 Å². The van der Waals surface area contributed by atoms with E-state index < -0.39 is 0 Å². The van der Waals surface area contributed by atoms with E-state index >= 15 is 0 Å². The van der Waals surface area contributed by atoms with Crippen LogP contribution in [0.5, 0.6) is 11.5 Å². The van der Waals surface area contributed by atoms with E-state index in [9.17, 15) is 0 Å². The molecule has 2 aliphatic heterocycles. The van der Waals surface area contributed by atoms with Gasteiger partial charge in [-0.05, 0) is 36.0 Å². The van der Waals surface area contributed by atoms with Crippen LogP contribution in [-0.4, -0.2) is 50.8 Å².